The summed E-state index contributed by atoms with van der Waals surface area (Å²) in [6.45, 7) is 8.78. The molecule has 0 bridgehead atoms. The lowest BCUT2D eigenvalue weighted by atomic mass is 9.77. The quantitative estimate of drug-likeness (QED) is 0.457. The second-order valence-electron chi connectivity index (χ2n) is 9.66. The molecule has 1 heterocycles. The first-order valence-corrected chi connectivity index (χ1v) is 12.2. The van der Waals surface area contributed by atoms with Crippen molar-refractivity contribution in [2.75, 3.05) is 25.1 Å². The molecular formula is C29H36N2O. The number of aryl methyl sites for hydroxylation is 1. The standard InChI is InChI=1S/C29H36N2O/c1-20(2)9-8-10-21(3)27-18-23(19-30)29(31-15-6-5-7-16-31)26-13-11-22-17-24(32-4)12-14-25(22)28(26)27/h9,12,14,17-18,21H,5-8,10-11,13,15-16H2,1-4H3/t21-/m0/s1. The number of nitriles is 1. The van der Waals surface area contributed by atoms with Crippen molar-refractivity contribution in [1.82, 2.24) is 0 Å². The summed E-state index contributed by atoms with van der Waals surface area (Å²) in [5, 5.41) is 10.2. The van der Waals surface area contributed by atoms with Crippen molar-refractivity contribution in [3.8, 4) is 22.9 Å². The Morgan fingerprint density at radius 3 is 2.62 bits per heavy atom. The van der Waals surface area contributed by atoms with Gasteiger partial charge in [0.25, 0.3) is 0 Å². The van der Waals surface area contributed by atoms with Crippen LogP contribution < -0.4 is 9.64 Å². The van der Waals surface area contributed by atoms with Crippen LogP contribution in [0.25, 0.3) is 11.1 Å². The van der Waals surface area contributed by atoms with Gasteiger partial charge in [-0.2, -0.15) is 5.26 Å². The maximum absolute atomic E-state index is 10.2. The molecule has 1 fully saturated rings. The Morgan fingerprint density at radius 1 is 1.16 bits per heavy atom. The maximum atomic E-state index is 10.2. The van der Waals surface area contributed by atoms with Gasteiger partial charge < -0.3 is 9.64 Å². The maximum Gasteiger partial charge on any atom is 0.119 e. The van der Waals surface area contributed by atoms with Gasteiger partial charge in [0.1, 0.15) is 11.8 Å². The van der Waals surface area contributed by atoms with Crippen LogP contribution in [0.4, 0.5) is 5.69 Å². The molecule has 168 valence electrons. The van der Waals surface area contributed by atoms with E-state index >= 15 is 0 Å². The Morgan fingerprint density at radius 2 is 1.94 bits per heavy atom. The van der Waals surface area contributed by atoms with E-state index in [4.69, 9.17) is 4.74 Å². The number of rotatable bonds is 6. The first-order valence-electron chi connectivity index (χ1n) is 12.2. The largest absolute Gasteiger partial charge is 0.497 e. The summed E-state index contributed by atoms with van der Waals surface area (Å²) in [6, 6.07) is 11.3. The molecule has 3 heteroatoms. The average molecular weight is 429 g/mol. The minimum atomic E-state index is 0.398. The molecule has 3 nitrogen and oxygen atoms in total. The molecule has 0 saturated carbocycles. The van der Waals surface area contributed by atoms with Crippen molar-refractivity contribution < 1.29 is 4.74 Å². The third-order valence-electron chi connectivity index (χ3n) is 7.13. The zero-order chi connectivity index (χ0) is 22.7. The molecular weight excluding hydrogens is 392 g/mol. The summed E-state index contributed by atoms with van der Waals surface area (Å²) in [6.07, 6.45) is 10.2. The van der Waals surface area contributed by atoms with Gasteiger partial charge in [0.2, 0.25) is 0 Å². The number of hydrogen-bond acceptors (Lipinski definition) is 3. The van der Waals surface area contributed by atoms with Crippen molar-refractivity contribution in [2.45, 2.75) is 71.6 Å². The van der Waals surface area contributed by atoms with E-state index in [2.05, 4.69) is 62.1 Å². The predicted molar refractivity (Wildman–Crippen MR) is 134 cm³/mol. The SMILES string of the molecule is COc1ccc2c(c1)CCc1c-2c([C@@H](C)CCC=C(C)C)cc(C#N)c1N1CCCCC1. The number of allylic oxidation sites excluding steroid dienone is 2. The third kappa shape index (κ3) is 4.42. The molecule has 2 aliphatic rings. The second-order valence-corrected chi connectivity index (χ2v) is 9.66. The lowest BCUT2D eigenvalue weighted by Gasteiger charge is -2.35. The Labute approximate surface area is 193 Å². The highest BCUT2D eigenvalue weighted by atomic mass is 16.5. The summed E-state index contributed by atoms with van der Waals surface area (Å²) in [4.78, 5) is 2.49. The van der Waals surface area contributed by atoms with Crippen LogP contribution in [0.3, 0.4) is 0 Å². The number of nitrogens with zero attached hydrogens (tertiary/aromatic N) is 2. The van der Waals surface area contributed by atoms with E-state index < -0.39 is 0 Å². The van der Waals surface area contributed by atoms with E-state index in [-0.39, 0.29) is 0 Å². The normalized spacial score (nSPS) is 15.9. The Kier molecular flexibility index (Phi) is 6.89. The van der Waals surface area contributed by atoms with E-state index in [1.165, 1.54) is 58.3 Å². The van der Waals surface area contributed by atoms with Gasteiger partial charge in [-0.3, -0.25) is 0 Å². The first-order chi connectivity index (χ1) is 15.5. The van der Waals surface area contributed by atoms with Crippen molar-refractivity contribution >= 4 is 5.69 Å². The van der Waals surface area contributed by atoms with Crippen LogP contribution in [0.2, 0.25) is 0 Å². The Balaban J connectivity index is 1.88. The van der Waals surface area contributed by atoms with Crippen LogP contribution in [0.1, 0.15) is 81.0 Å². The van der Waals surface area contributed by atoms with Crippen LogP contribution >= 0.6 is 0 Å². The van der Waals surface area contributed by atoms with Gasteiger partial charge in [0, 0.05) is 13.1 Å². The van der Waals surface area contributed by atoms with Gasteiger partial charge in [-0.25, -0.2) is 0 Å². The Hall–Kier alpha value is -2.73. The van der Waals surface area contributed by atoms with Crippen LogP contribution in [-0.4, -0.2) is 20.2 Å². The van der Waals surface area contributed by atoms with Gasteiger partial charge in [0.15, 0.2) is 0 Å². The van der Waals surface area contributed by atoms with Crippen molar-refractivity contribution in [1.29, 1.82) is 5.26 Å². The molecule has 1 saturated heterocycles. The number of ether oxygens (including phenoxy) is 1. The fourth-order valence-corrected chi connectivity index (χ4v) is 5.45. The number of benzene rings is 2. The van der Waals surface area contributed by atoms with Crippen LogP contribution in [0, 0.1) is 11.3 Å². The molecule has 1 aliphatic heterocycles. The number of hydrogen-bond donors (Lipinski definition) is 0. The summed E-state index contributed by atoms with van der Waals surface area (Å²) in [5.74, 6) is 1.32. The van der Waals surface area contributed by atoms with Crippen LogP contribution in [0.5, 0.6) is 5.75 Å². The molecule has 1 atom stereocenters. The summed E-state index contributed by atoms with van der Waals surface area (Å²) in [5.41, 5.74) is 10.3. The zero-order valence-corrected chi connectivity index (χ0v) is 20.1. The molecule has 0 aromatic heterocycles. The van der Waals surface area contributed by atoms with Crippen LogP contribution in [-0.2, 0) is 12.8 Å². The topological polar surface area (TPSA) is 36.3 Å². The number of methoxy groups -OCH3 is 1. The summed E-state index contributed by atoms with van der Waals surface area (Å²) < 4.78 is 5.52. The number of fused-ring (bicyclic) bond motifs is 3. The smallest absolute Gasteiger partial charge is 0.119 e. The molecule has 0 spiro atoms. The molecule has 1 aliphatic carbocycles. The van der Waals surface area contributed by atoms with Crippen LogP contribution in [0.15, 0.2) is 35.9 Å². The van der Waals surface area contributed by atoms with Gasteiger partial charge in [-0.15, -0.1) is 0 Å². The Bertz CT molecular complexity index is 1050. The van der Waals surface area contributed by atoms with E-state index in [1.807, 2.05) is 0 Å². The highest BCUT2D eigenvalue weighted by molar-refractivity contribution is 5.85. The molecule has 2 aromatic carbocycles. The number of piperidine rings is 1. The predicted octanol–water partition coefficient (Wildman–Crippen LogP) is 7.17. The minimum absolute atomic E-state index is 0.398. The van der Waals surface area contributed by atoms with Gasteiger partial charge >= 0.3 is 0 Å². The van der Waals surface area contributed by atoms with Gasteiger partial charge in [0.05, 0.1) is 18.4 Å². The number of anilines is 1. The van der Waals surface area contributed by atoms with Gasteiger partial charge in [-0.05, 0) is 111 Å². The molecule has 4 rings (SSSR count). The fraction of sp³-hybridized carbons (Fsp3) is 0.483. The third-order valence-corrected chi connectivity index (χ3v) is 7.13. The lowest BCUT2D eigenvalue weighted by molar-refractivity contribution is 0.414. The monoisotopic (exact) mass is 428 g/mol. The van der Waals surface area contributed by atoms with Crippen molar-refractivity contribution in [2.24, 2.45) is 0 Å². The molecule has 0 N–H and O–H groups in total. The molecule has 2 aromatic rings. The second kappa shape index (κ2) is 9.82. The molecule has 0 unspecified atom stereocenters. The first kappa shape index (κ1) is 22.5. The average Bonchev–Trinajstić information content (AvgIpc) is 2.82. The van der Waals surface area contributed by atoms with Crippen molar-refractivity contribution in [3.05, 3.63) is 58.2 Å². The molecule has 0 radical (unpaired) electrons. The summed E-state index contributed by atoms with van der Waals surface area (Å²) in [7, 11) is 1.74. The molecule has 0 amide bonds. The molecule has 32 heavy (non-hydrogen) atoms. The fourth-order valence-electron chi connectivity index (χ4n) is 5.45. The van der Waals surface area contributed by atoms with Gasteiger partial charge in [-0.1, -0.05) is 24.6 Å². The highest BCUT2D eigenvalue weighted by Gasteiger charge is 2.29. The lowest BCUT2D eigenvalue weighted by Crippen LogP contribution is -2.32. The highest BCUT2D eigenvalue weighted by Crippen LogP contribution is 2.46. The van der Waals surface area contributed by atoms with E-state index in [1.54, 1.807) is 7.11 Å². The van der Waals surface area contributed by atoms with Crippen molar-refractivity contribution in [3.63, 3.8) is 0 Å². The van der Waals surface area contributed by atoms with E-state index in [0.29, 0.717) is 5.92 Å². The van der Waals surface area contributed by atoms with E-state index in [9.17, 15) is 5.26 Å². The minimum Gasteiger partial charge on any atom is -0.497 e. The summed E-state index contributed by atoms with van der Waals surface area (Å²) >= 11 is 0. The zero-order valence-electron chi connectivity index (χ0n) is 20.1. The van der Waals surface area contributed by atoms with E-state index in [0.717, 1.165) is 50.1 Å².